The number of carbonyl (C=O) groups excluding carboxylic acids is 1. The average Bonchev–Trinajstić information content (AvgIpc) is 3.25. The molecule has 2 aliphatic rings. The highest BCUT2D eigenvalue weighted by atomic mass is 32.2. The summed E-state index contributed by atoms with van der Waals surface area (Å²) < 4.78 is 6.05. The quantitative estimate of drug-likeness (QED) is 0.504. The lowest BCUT2D eigenvalue weighted by Crippen LogP contribution is -2.47. The van der Waals surface area contributed by atoms with Gasteiger partial charge in [0, 0.05) is 37.4 Å². The van der Waals surface area contributed by atoms with E-state index >= 15 is 0 Å². The molecule has 0 spiro atoms. The van der Waals surface area contributed by atoms with Gasteiger partial charge in [0.1, 0.15) is 12.4 Å². The predicted molar refractivity (Wildman–Crippen MR) is 135 cm³/mol. The fraction of sp³-hybridized carbons (Fsp3) is 0.185. The first-order valence-electron chi connectivity index (χ1n) is 11.1. The predicted octanol–water partition coefficient (Wildman–Crippen LogP) is 5.06. The fourth-order valence-corrected chi connectivity index (χ4v) is 4.89. The zero-order valence-corrected chi connectivity index (χ0v) is 19.1. The van der Waals surface area contributed by atoms with Crippen molar-refractivity contribution >= 4 is 34.6 Å². The molecule has 0 unspecified atom stereocenters. The molecule has 2 heterocycles. The number of anilines is 1. The van der Waals surface area contributed by atoms with Gasteiger partial charge in [0.2, 0.25) is 0 Å². The lowest BCUT2D eigenvalue weighted by atomic mass is 10.2. The van der Waals surface area contributed by atoms with Crippen molar-refractivity contribution in [2.45, 2.75) is 6.61 Å². The van der Waals surface area contributed by atoms with Gasteiger partial charge in [0.05, 0.1) is 4.91 Å². The Morgan fingerprint density at radius 1 is 0.818 bits per heavy atom. The van der Waals surface area contributed by atoms with Crippen LogP contribution in [-0.4, -0.2) is 42.2 Å². The van der Waals surface area contributed by atoms with E-state index in [9.17, 15) is 4.79 Å². The van der Waals surface area contributed by atoms with E-state index in [1.54, 1.807) is 0 Å². The number of piperazine rings is 1. The normalized spacial score (nSPS) is 17.4. The molecule has 0 aliphatic carbocycles. The average molecular weight is 456 g/mol. The molecule has 5 rings (SSSR count). The number of hydrogen-bond donors (Lipinski definition) is 0. The zero-order chi connectivity index (χ0) is 22.5. The number of para-hydroxylation sites is 2. The molecule has 0 aromatic heterocycles. The molecule has 166 valence electrons. The Morgan fingerprint density at radius 2 is 1.45 bits per heavy atom. The molecule has 0 bridgehead atoms. The third-order valence-corrected chi connectivity index (χ3v) is 6.77. The van der Waals surface area contributed by atoms with Crippen molar-refractivity contribution in [2.24, 2.45) is 4.99 Å². The number of rotatable bonds is 5. The molecule has 0 N–H and O–H groups in total. The SMILES string of the molecule is O=C1N=C(N2CCN(c3ccccc3)CC2)S/C1=C/c1ccccc1OCc1ccccc1. The molecule has 0 saturated carbocycles. The van der Waals surface area contributed by atoms with E-state index in [1.807, 2.05) is 66.7 Å². The first-order valence-corrected chi connectivity index (χ1v) is 11.9. The number of amides is 1. The Bertz CT molecular complexity index is 1170. The standard InChI is InChI=1S/C27H25N3O2S/c31-26-25(19-22-11-7-8-14-24(22)32-20-21-9-3-1-4-10-21)33-27(28-26)30-17-15-29(16-18-30)23-12-5-2-6-13-23/h1-14,19H,15-18,20H2/b25-19+. The maximum atomic E-state index is 12.7. The molecule has 0 atom stereocenters. The summed E-state index contributed by atoms with van der Waals surface area (Å²) in [5.74, 6) is 0.575. The van der Waals surface area contributed by atoms with E-state index in [1.165, 1.54) is 17.4 Å². The van der Waals surface area contributed by atoms with Gasteiger partial charge in [0.25, 0.3) is 5.91 Å². The first-order chi connectivity index (χ1) is 16.3. The van der Waals surface area contributed by atoms with Gasteiger partial charge >= 0.3 is 0 Å². The molecule has 3 aromatic carbocycles. The summed E-state index contributed by atoms with van der Waals surface area (Å²) in [5, 5.41) is 0.793. The number of aliphatic imine (C=N–C) groups is 1. The van der Waals surface area contributed by atoms with Crippen LogP contribution < -0.4 is 9.64 Å². The summed E-state index contributed by atoms with van der Waals surface area (Å²) in [6, 6.07) is 28.3. The Balaban J connectivity index is 1.23. The van der Waals surface area contributed by atoms with Gasteiger partial charge in [-0.05, 0) is 41.6 Å². The van der Waals surface area contributed by atoms with Gasteiger partial charge in [0.15, 0.2) is 5.17 Å². The zero-order valence-electron chi connectivity index (χ0n) is 18.3. The second-order valence-corrected chi connectivity index (χ2v) is 8.94. The first kappa shape index (κ1) is 21.3. The van der Waals surface area contributed by atoms with Gasteiger partial charge in [-0.15, -0.1) is 0 Å². The van der Waals surface area contributed by atoms with Crippen molar-refractivity contribution in [1.82, 2.24) is 4.90 Å². The monoisotopic (exact) mass is 455 g/mol. The van der Waals surface area contributed by atoms with Crippen LogP contribution in [-0.2, 0) is 11.4 Å². The molecule has 1 saturated heterocycles. The van der Waals surface area contributed by atoms with Crippen molar-refractivity contribution < 1.29 is 9.53 Å². The molecule has 3 aromatic rings. The number of nitrogens with zero attached hydrogens (tertiary/aromatic N) is 3. The summed E-state index contributed by atoms with van der Waals surface area (Å²) in [7, 11) is 0. The second-order valence-electron chi connectivity index (χ2n) is 7.93. The number of hydrogen-bond acceptors (Lipinski definition) is 5. The molecule has 2 aliphatic heterocycles. The van der Waals surface area contributed by atoms with Crippen molar-refractivity contribution in [2.75, 3.05) is 31.1 Å². The Kier molecular flexibility index (Phi) is 6.44. The summed E-state index contributed by atoms with van der Waals surface area (Å²) in [6.45, 7) is 3.99. The van der Waals surface area contributed by atoms with E-state index in [0.717, 1.165) is 48.2 Å². The van der Waals surface area contributed by atoms with Crippen LogP contribution in [0.2, 0.25) is 0 Å². The summed E-state index contributed by atoms with van der Waals surface area (Å²) in [5.41, 5.74) is 3.23. The van der Waals surface area contributed by atoms with Crippen LogP contribution in [0, 0.1) is 0 Å². The maximum Gasteiger partial charge on any atom is 0.286 e. The second kappa shape index (κ2) is 9.96. The Labute approximate surface area is 198 Å². The van der Waals surface area contributed by atoms with Gasteiger partial charge in [-0.25, -0.2) is 0 Å². The van der Waals surface area contributed by atoms with Crippen LogP contribution in [0.25, 0.3) is 6.08 Å². The number of amidine groups is 1. The van der Waals surface area contributed by atoms with E-state index in [-0.39, 0.29) is 5.91 Å². The smallest absolute Gasteiger partial charge is 0.286 e. The van der Waals surface area contributed by atoms with Gasteiger partial charge in [-0.1, -0.05) is 66.7 Å². The lowest BCUT2D eigenvalue weighted by molar-refractivity contribution is -0.113. The topological polar surface area (TPSA) is 45.1 Å². The summed E-state index contributed by atoms with van der Waals surface area (Å²) in [6.07, 6.45) is 1.89. The van der Waals surface area contributed by atoms with E-state index in [2.05, 4.69) is 39.1 Å². The number of benzene rings is 3. The van der Waals surface area contributed by atoms with Crippen LogP contribution >= 0.6 is 11.8 Å². The molecule has 1 fully saturated rings. The van der Waals surface area contributed by atoms with E-state index in [4.69, 9.17) is 4.74 Å². The molecule has 1 amide bonds. The van der Waals surface area contributed by atoms with E-state index in [0.29, 0.717) is 11.5 Å². The third kappa shape index (κ3) is 5.12. The van der Waals surface area contributed by atoms with Gasteiger partial charge in [-0.3, -0.25) is 4.79 Å². The highest BCUT2D eigenvalue weighted by Gasteiger charge is 2.28. The Hall–Kier alpha value is -3.51. The van der Waals surface area contributed by atoms with Crippen LogP contribution in [0.4, 0.5) is 5.69 Å². The maximum absolute atomic E-state index is 12.7. The molecular formula is C27H25N3O2S. The van der Waals surface area contributed by atoms with Crippen LogP contribution in [0.3, 0.4) is 0 Å². The lowest BCUT2D eigenvalue weighted by Gasteiger charge is -2.36. The van der Waals surface area contributed by atoms with Crippen LogP contribution in [0.5, 0.6) is 5.75 Å². The minimum Gasteiger partial charge on any atom is -0.488 e. The number of carbonyl (C=O) groups is 1. The molecule has 6 heteroatoms. The van der Waals surface area contributed by atoms with E-state index < -0.39 is 0 Å². The highest BCUT2D eigenvalue weighted by Crippen LogP contribution is 2.33. The highest BCUT2D eigenvalue weighted by molar-refractivity contribution is 8.18. The van der Waals surface area contributed by atoms with Gasteiger partial charge < -0.3 is 14.5 Å². The van der Waals surface area contributed by atoms with Crippen LogP contribution in [0.1, 0.15) is 11.1 Å². The van der Waals surface area contributed by atoms with Crippen molar-refractivity contribution in [3.63, 3.8) is 0 Å². The number of ether oxygens (including phenoxy) is 1. The summed E-state index contributed by atoms with van der Waals surface area (Å²) >= 11 is 1.45. The van der Waals surface area contributed by atoms with Gasteiger partial charge in [-0.2, -0.15) is 4.99 Å². The summed E-state index contributed by atoms with van der Waals surface area (Å²) in [4.78, 5) is 22.2. The fourth-order valence-electron chi connectivity index (χ4n) is 3.94. The van der Waals surface area contributed by atoms with Crippen molar-refractivity contribution in [1.29, 1.82) is 0 Å². The minimum atomic E-state index is -0.182. The third-order valence-electron chi connectivity index (χ3n) is 5.72. The Morgan fingerprint density at radius 3 is 2.21 bits per heavy atom. The molecule has 33 heavy (non-hydrogen) atoms. The van der Waals surface area contributed by atoms with Crippen LogP contribution in [0.15, 0.2) is 94.8 Å². The van der Waals surface area contributed by atoms with Crippen molar-refractivity contribution in [3.05, 3.63) is 101 Å². The number of thioether (sulfide) groups is 1. The molecular weight excluding hydrogens is 430 g/mol. The minimum absolute atomic E-state index is 0.182. The molecule has 5 nitrogen and oxygen atoms in total. The largest absolute Gasteiger partial charge is 0.488 e. The molecule has 0 radical (unpaired) electrons. The van der Waals surface area contributed by atoms with Crippen molar-refractivity contribution in [3.8, 4) is 5.75 Å².